The van der Waals surface area contributed by atoms with Crippen LogP contribution in [0, 0.1) is 0 Å². The molecule has 2 saturated heterocycles. The fourth-order valence-corrected chi connectivity index (χ4v) is 2.34. The van der Waals surface area contributed by atoms with Crippen molar-refractivity contribution in [1.29, 1.82) is 0 Å². The molecule has 0 saturated carbocycles. The lowest BCUT2D eigenvalue weighted by atomic mass is 9.97. The monoisotopic (exact) mass is 197 g/mol. The molecule has 2 rings (SSSR count). The molecule has 1 spiro atoms. The molecule has 14 heavy (non-hydrogen) atoms. The summed E-state index contributed by atoms with van der Waals surface area (Å²) in [5.41, 5.74) is 8.13. The summed E-state index contributed by atoms with van der Waals surface area (Å²) in [6, 6.07) is 0. The van der Waals surface area contributed by atoms with Crippen molar-refractivity contribution in [3.8, 4) is 0 Å². The Morgan fingerprint density at radius 1 is 1.64 bits per heavy atom. The van der Waals surface area contributed by atoms with Gasteiger partial charge in [0.1, 0.15) is 0 Å². The highest BCUT2D eigenvalue weighted by molar-refractivity contribution is 4.94. The number of azide groups is 1. The Labute approximate surface area is 83.0 Å². The molecule has 2 aliphatic rings. The molecule has 0 aliphatic carbocycles. The Morgan fingerprint density at radius 3 is 3.14 bits per heavy atom. The van der Waals surface area contributed by atoms with Crippen molar-refractivity contribution in [1.82, 2.24) is 0 Å². The van der Waals surface area contributed by atoms with Crippen molar-refractivity contribution in [2.75, 3.05) is 13.2 Å². The fourth-order valence-electron chi connectivity index (χ4n) is 2.34. The van der Waals surface area contributed by atoms with Crippen LogP contribution in [0.1, 0.15) is 26.2 Å². The Balaban J connectivity index is 1.90. The maximum Gasteiger partial charge on any atom is 0.0944 e. The molecule has 0 amide bonds. The average Bonchev–Trinajstić information content (AvgIpc) is 2.72. The van der Waals surface area contributed by atoms with Gasteiger partial charge in [-0.25, -0.2) is 0 Å². The third-order valence-electron chi connectivity index (χ3n) is 2.98. The van der Waals surface area contributed by atoms with E-state index in [1.54, 1.807) is 0 Å². The van der Waals surface area contributed by atoms with Crippen molar-refractivity contribution < 1.29 is 9.47 Å². The molecule has 2 aliphatic heterocycles. The van der Waals surface area contributed by atoms with Crippen LogP contribution in [0.3, 0.4) is 0 Å². The molecule has 0 aromatic carbocycles. The van der Waals surface area contributed by atoms with Crippen LogP contribution in [0.2, 0.25) is 0 Å². The van der Waals surface area contributed by atoms with Crippen LogP contribution >= 0.6 is 0 Å². The van der Waals surface area contributed by atoms with Gasteiger partial charge in [0, 0.05) is 11.3 Å². The lowest BCUT2D eigenvalue weighted by Crippen LogP contribution is -2.30. The van der Waals surface area contributed by atoms with Crippen LogP contribution in [0.4, 0.5) is 0 Å². The first-order valence-corrected chi connectivity index (χ1v) is 5.04. The first-order valence-electron chi connectivity index (χ1n) is 5.04. The summed E-state index contributed by atoms with van der Waals surface area (Å²) in [5.74, 6) is 0. The van der Waals surface area contributed by atoms with Gasteiger partial charge in [-0.3, -0.25) is 0 Å². The van der Waals surface area contributed by atoms with E-state index >= 15 is 0 Å². The van der Waals surface area contributed by atoms with E-state index in [9.17, 15) is 0 Å². The Kier molecular flexibility index (Phi) is 2.63. The molecule has 0 aromatic heterocycles. The number of hydrogen-bond donors (Lipinski definition) is 0. The van der Waals surface area contributed by atoms with E-state index in [0.717, 1.165) is 19.3 Å². The minimum absolute atomic E-state index is 0.0743. The third-order valence-corrected chi connectivity index (χ3v) is 2.98. The first kappa shape index (κ1) is 9.77. The molecule has 5 nitrogen and oxygen atoms in total. The second-order valence-corrected chi connectivity index (χ2v) is 4.20. The molecule has 2 fully saturated rings. The zero-order valence-corrected chi connectivity index (χ0v) is 8.35. The number of hydrogen-bond acceptors (Lipinski definition) is 3. The average molecular weight is 197 g/mol. The standard InChI is InChI=1S/C9H15N3O2/c1-7-4-9(6-13-7)3-2-8(14-9)5-11-12-10/h7-8H,2-6H2,1H3/t7-,8+,9+/m1/s1. The van der Waals surface area contributed by atoms with Gasteiger partial charge in [-0.05, 0) is 25.3 Å². The van der Waals surface area contributed by atoms with Gasteiger partial charge in [0.15, 0.2) is 0 Å². The predicted molar refractivity (Wildman–Crippen MR) is 50.9 cm³/mol. The van der Waals surface area contributed by atoms with E-state index in [-0.39, 0.29) is 11.7 Å². The highest BCUT2D eigenvalue weighted by Gasteiger charge is 2.45. The summed E-state index contributed by atoms with van der Waals surface area (Å²) in [5, 5.41) is 3.54. The van der Waals surface area contributed by atoms with E-state index in [1.807, 2.05) is 0 Å². The highest BCUT2D eigenvalue weighted by atomic mass is 16.6. The van der Waals surface area contributed by atoms with Crippen molar-refractivity contribution in [2.45, 2.75) is 44.0 Å². The summed E-state index contributed by atoms with van der Waals surface area (Å²) in [4.78, 5) is 2.74. The molecule has 0 N–H and O–H groups in total. The summed E-state index contributed by atoms with van der Waals surface area (Å²) in [7, 11) is 0. The molecule has 0 radical (unpaired) electrons. The van der Waals surface area contributed by atoms with E-state index in [1.165, 1.54) is 0 Å². The van der Waals surface area contributed by atoms with Crippen molar-refractivity contribution in [3.05, 3.63) is 10.4 Å². The molecule has 0 unspecified atom stereocenters. The van der Waals surface area contributed by atoms with E-state index in [4.69, 9.17) is 15.0 Å². The quantitative estimate of drug-likeness (QED) is 0.386. The van der Waals surface area contributed by atoms with Crippen LogP contribution in [0.5, 0.6) is 0 Å². The second kappa shape index (κ2) is 3.77. The Morgan fingerprint density at radius 2 is 2.50 bits per heavy atom. The van der Waals surface area contributed by atoms with E-state index < -0.39 is 0 Å². The molecule has 0 bridgehead atoms. The molecular weight excluding hydrogens is 182 g/mol. The Hall–Kier alpha value is -0.770. The third kappa shape index (κ3) is 1.85. The fraction of sp³-hybridized carbons (Fsp3) is 1.00. The van der Waals surface area contributed by atoms with Gasteiger partial charge in [0.05, 0.1) is 31.0 Å². The minimum Gasteiger partial charge on any atom is -0.375 e. The molecule has 5 heteroatoms. The zero-order chi connectivity index (χ0) is 10.0. The van der Waals surface area contributed by atoms with Crippen molar-refractivity contribution >= 4 is 0 Å². The van der Waals surface area contributed by atoms with Crippen molar-refractivity contribution in [2.24, 2.45) is 5.11 Å². The maximum absolute atomic E-state index is 8.20. The summed E-state index contributed by atoms with van der Waals surface area (Å²) >= 11 is 0. The number of nitrogens with zero attached hydrogens (tertiary/aromatic N) is 3. The van der Waals surface area contributed by atoms with Gasteiger partial charge >= 0.3 is 0 Å². The van der Waals surface area contributed by atoms with Crippen LogP contribution < -0.4 is 0 Å². The van der Waals surface area contributed by atoms with Crippen LogP contribution in [-0.4, -0.2) is 31.0 Å². The molecule has 0 aromatic rings. The normalized spacial score (nSPS) is 41.5. The summed E-state index contributed by atoms with van der Waals surface area (Å²) in [6.07, 6.45) is 3.38. The SMILES string of the molecule is C[C@@H]1C[C@@]2(CC[C@@H](CN=[N+]=[N-])O2)CO1. The highest BCUT2D eigenvalue weighted by Crippen LogP contribution is 2.39. The van der Waals surface area contributed by atoms with Crippen molar-refractivity contribution in [3.63, 3.8) is 0 Å². The van der Waals surface area contributed by atoms with E-state index in [2.05, 4.69) is 16.9 Å². The zero-order valence-electron chi connectivity index (χ0n) is 8.35. The first-order chi connectivity index (χ1) is 6.74. The largest absolute Gasteiger partial charge is 0.375 e. The van der Waals surface area contributed by atoms with Crippen LogP contribution in [-0.2, 0) is 9.47 Å². The van der Waals surface area contributed by atoms with Gasteiger partial charge in [0.2, 0.25) is 0 Å². The second-order valence-electron chi connectivity index (χ2n) is 4.20. The lowest BCUT2D eigenvalue weighted by Gasteiger charge is -2.21. The van der Waals surface area contributed by atoms with E-state index in [0.29, 0.717) is 19.3 Å². The van der Waals surface area contributed by atoms with Crippen LogP contribution in [0.15, 0.2) is 5.11 Å². The molecule has 78 valence electrons. The summed E-state index contributed by atoms with van der Waals surface area (Å²) < 4.78 is 11.4. The number of rotatable bonds is 2. The number of ether oxygens (including phenoxy) is 2. The van der Waals surface area contributed by atoms with Gasteiger partial charge in [-0.2, -0.15) is 0 Å². The van der Waals surface area contributed by atoms with Gasteiger partial charge < -0.3 is 9.47 Å². The summed E-state index contributed by atoms with van der Waals surface area (Å²) in [6.45, 7) is 3.21. The maximum atomic E-state index is 8.20. The molecule has 3 atom stereocenters. The molecular formula is C9H15N3O2. The topological polar surface area (TPSA) is 67.2 Å². The van der Waals surface area contributed by atoms with Gasteiger partial charge in [-0.15, -0.1) is 0 Å². The minimum atomic E-state index is -0.0743. The van der Waals surface area contributed by atoms with Gasteiger partial charge in [-0.1, -0.05) is 5.11 Å². The van der Waals surface area contributed by atoms with Gasteiger partial charge in [0.25, 0.3) is 0 Å². The Bertz CT molecular complexity index is 265. The molecule has 2 heterocycles. The predicted octanol–water partition coefficient (Wildman–Crippen LogP) is 2.02. The lowest BCUT2D eigenvalue weighted by molar-refractivity contribution is -0.0413. The smallest absolute Gasteiger partial charge is 0.0944 e. The van der Waals surface area contributed by atoms with Crippen LogP contribution in [0.25, 0.3) is 10.4 Å².